The number of nitrogens with zero attached hydrogens (tertiary/aromatic N) is 1. The van der Waals surface area contributed by atoms with Gasteiger partial charge in [-0.3, -0.25) is 9.97 Å². The third kappa shape index (κ3) is 3.56. The first-order valence-corrected chi connectivity index (χ1v) is 5.23. The van der Waals surface area contributed by atoms with Crippen LogP contribution in [-0.4, -0.2) is 28.3 Å². The number of aromatic nitrogens is 1. The lowest BCUT2D eigenvalue weighted by Gasteiger charge is -2.09. The summed E-state index contributed by atoms with van der Waals surface area (Å²) in [5.41, 5.74) is 0.784. The molecule has 0 aliphatic carbocycles. The zero-order valence-electron chi connectivity index (χ0n) is 6.31. The maximum atomic E-state index is 8.60. The topological polar surface area (TPSA) is 85.6 Å². The summed E-state index contributed by atoms with van der Waals surface area (Å²) >= 11 is 0. The minimum Gasteiger partial charge on any atom is -0.377 e. The van der Waals surface area contributed by atoms with Gasteiger partial charge in [0.25, 0.3) is 0 Å². The zero-order chi connectivity index (χ0) is 9.03. The van der Waals surface area contributed by atoms with Gasteiger partial charge in [-0.15, -0.1) is 0 Å². The summed E-state index contributed by atoms with van der Waals surface area (Å²) in [7, 11) is -4.12. The van der Waals surface area contributed by atoms with Crippen LogP contribution in [0.5, 0.6) is 0 Å². The molecule has 0 amide bonds. The lowest BCUT2D eigenvalue weighted by atomic mass is 10.3. The highest BCUT2D eigenvalue weighted by Crippen LogP contribution is 1.95. The number of hydrogen-bond donors (Lipinski definition) is 4. The van der Waals surface area contributed by atoms with E-state index in [1.54, 1.807) is 24.5 Å². The van der Waals surface area contributed by atoms with Gasteiger partial charge in [0.2, 0.25) is 0 Å². The lowest BCUT2D eigenvalue weighted by Crippen LogP contribution is -2.51. The van der Waals surface area contributed by atoms with Crippen molar-refractivity contribution in [2.75, 3.05) is 0 Å². The van der Waals surface area contributed by atoms with Crippen LogP contribution in [0.2, 0.25) is 0 Å². The Morgan fingerprint density at radius 1 is 1.42 bits per heavy atom. The molecule has 0 saturated heterocycles. The zero-order valence-corrected chi connectivity index (χ0v) is 7.31. The number of pyridine rings is 1. The van der Waals surface area contributed by atoms with Crippen LogP contribution in [0.15, 0.2) is 24.5 Å². The summed E-state index contributed by atoms with van der Waals surface area (Å²) in [4.78, 5) is 31.8. The van der Waals surface area contributed by atoms with Crippen LogP contribution >= 0.6 is 0 Å². The SMILES string of the molecule is O[Si](O)(O)NCc1cccnc1. The van der Waals surface area contributed by atoms with Crippen LogP contribution in [0, 0.1) is 0 Å². The maximum absolute atomic E-state index is 8.60. The predicted molar refractivity (Wildman–Crippen MR) is 43.5 cm³/mol. The van der Waals surface area contributed by atoms with Crippen molar-refractivity contribution in [3.63, 3.8) is 0 Å². The molecule has 1 aromatic rings. The Labute approximate surface area is 70.8 Å². The van der Waals surface area contributed by atoms with E-state index < -0.39 is 8.97 Å². The van der Waals surface area contributed by atoms with E-state index in [-0.39, 0.29) is 6.54 Å². The first-order valence-electron chi connectivity index (χ1n) is 3.39. The Bertz CT molecular complexity index is 236. The second kappa shape index (κ2) is 3.74. The Morgan fingerprint density at radius 3 is 2.67 bits per heavy atom. The molecule has 0 aliphatic heterocycles. The first-order chi connectivity index (χ1) is 5.58. The molecule has 66 valence electrons. The molecule has 12 heavy (non-hydrogen) atoms. The highest BCUT2D eigenvalue weighted by molar-refractivity contribution is 6.53. The molecule has 4 N–H and O–H groups in total. The molecular formula is C6H10N2O3Si. The molecule has 1 heterocycles. The van der Waals surface area contributed by atoms with Gasteiger partial charge in [0.1, 0.15) is 0 Å². The second-order valence-electron chi connectivity index (χ2n) is 2.35. The van der Waals surface area contributed by atoms with Crippen molar-refractivity contribution >= 4 is 8.97 Å². The van der Waals surface area contributed by atoms with E-state index in [1.165, 1.54) is 0 Å². The highest BCUT2D eigenvalue weighted by Gasteiger charge is 2.26. The van der Waals surface area contributed by atoms with Crippen molar-refractivity contribution < 1.29 is 14.4 Å². The summed E-state index contributed by atoms with van der Waals surface area (Å²) in [5.74, 6) is 0. The van der Waals surface area contributed by atoms with Crippen LogP contribution in [0.4, 0.5) is 0 Å². The summed E-state index contributed by atoms with van der Waals surface area (Å²) in [6.07, 6.45) is 3.19. The number of hydrogen-bond acceptors (Lipinski definition) is 5. The minimum absolute atomic E-state index is 0.198. The van der Waals surface area contributed by atoms with Gasteiger partial charge in [-0.05, 0) is 11.6 Å². The quantitative estimate of drug-likeness (QED) is 0.435. The van der Waals surface area contributed by atoms with Gasteiger partial charge in [0.15, 0.2) is 0 Å². The van der Waals surface area contributed by atoms with Gasteiger partial charge in [-0.25, -0.2) is 0 Å². The number of nitrogens with one attached hydrogen (secondary N) is 1. The lowest BCUT2D eigenvalue weighted by molar-refractivity contribution is 0.208. The van der Waals surface area contributed by atoms with E-state index in [0.717, 1.165) is 5.56 Å². The largest absolute Gasteiger partial charge is 0.588 e. The van der Waals surface area contributed by atoms with Crippen molar-refractivity contribution in [3.8, 4) is 0 Å². The van der Waals surface area contributed by atoms with E-state index in [1.807, 2.05) is 0 Å². The van der Waals surface area contributed by atoms with Gasteiger partial charge in [-0.2, -0.15) is 0 Å². The Kier molecular flexibility index (Phi) is 2.90. The second-order valence-corrected chi connectivity index (χ2v) is 3.97. The molecule has 0 unspecified atom stereocenters. The Morgan fingerprint density at radius 2 is 2.17 bits per heavy atom. The van der Waals surface area contributed by atoms with Crippen LogP contribution < -0.4 is 4.98 Å². The molecule has 6 heteroatoms. The normalized spacial score (nSPS) is 11.6. The summed E-state index contributed by atoms with van der Waals surface area (Å²) in [6, 6.07) is 3.49. The van der Waals surface area contributed by atoms with Crippen LogP contribution in [0.1, 0.15) is 5.56 Å². The Hall–Kier alpha value is -0.793. The standard InChI is InChI=1S/C6H10N2O3Si/c9-12(10,11)8-5-6-2-1-3-7-4-6/h1-4,8-11H,5H2. The van der Waals surface area contributed by atoms with E-state index >= 15 is 0 Å². The highest BCUT2D eigenvalue weighted by atomic mass is 28.4. The van der Waals surface area contributed by atoms with Gasteiger partial charge in [-0.1, -0.05) is 6.07 Å². The van der Waals surface area contributed by atoms with Crippen molar-refractivity contribution in [1.29, 1.82) is 0 Å². The minimum atomic E-state index is -4.12. The molecule has 1 aromatic heterocycles. The van der Waals surface area contributed by atoms with Crippen molar-refractivity contribution in [2.24, 2.45) is 0 Å². The van der Waals surface area contributed by atoms with Crippen molar-refractivity contribution in [3.05, 3.63) is 30.1 Å². The van der Waals surface area contributed by atoms with E-state index in [9.17, 15) is 0 Å². The van der Waals surface area contributed by atoms with Crippen LogP contribution in [-0.2, 0) is 6.54 Å². The molecular weight excluding hydrogens is 176 g/mol. The first kappa shape index (κ1) is 9.30. The van der Waals surface area contributed by atoms with Crippen LogP contribution in [0.3, 0.4) is 0 Å². The van der Waals surface area contributed by atoms with E-state index in [4.69, 9.17) is 14.4 Å². The molecule has 1 rings (SSSR count). The molecule has 0 spiro atoms. The molecule has 0 aromatic carbocycles. The van der Waals surface area contributed by atoms with Crippen molar-refractivity contribution in [2.45, 2.75) is 6.54 Å². The molecule has 0 aliphatic rings. The maximum Gasteiger partial charge on any atom is 0.588 e. The molecule has 0 fully saturated rings. The average Bonchev–Trinajstić information content (AvgIpc) is 2.02. The number of rotatable bonds is 3. The Balaban J connectivity index is 2.44. The monoisotopic (exact) mass is 186 g/mol. The predicted octanol–water partition coefficient (Wildman–Crippen LogP) is -1.42. The van der Waals surface area contributed by atoms with Gasteiger partial charge in [0.05, 0.1) is 0 Å². The summed E-state index contributed by atoms with van der Waals surface area (Å²) in [5, 5.41) is 0. The third-order valence-electron chi connectivity index (χ3n) is 1.25. The fraction of sp³-hybridized carbons (Fsp3) is 0.167. The fourth-order valence-electron chi connectivity index (χ4n) is 0.723. The molecule has 0 radical (unpaired) electrons. The molecule has 0 atom stereocenters. The molecule has 5 nitrogen and oxygen atoms in total. The fourth-order valence-corrected chi connectivity index (χ4v) is 1.16. The molecule has 0 saturated carbocycles. The van der Waals surface area contributed by atoms with Gasteiger partial charge < -0.3 is 14.4 Å². The summed E-state index contributed by atoms with van der Waals surface area (Å²) < 4.78 is 0. The summed E-state index contributed by atoms with van der Waals surface area (Å²) in [6.45, 7) is 0.198. The van der Waals surface area contributed by atoms with Crippen molar-refractivity contribution in [1.82, 2.24) is 9.97 Å². The molecule has 0 bridgehead atoms. The third-order valence-corrected chi connectivity index (χ3v) is 1.90. The average molecular weight is 186 g/mol. The van der Waals surface area contributed by atoms with E-state index in [2.05, 4.69) is 9.97 Å². The van der Waals surface area contributed by atoms with Crippen LogP contribution in [0.25, 0.3) is 0 Å². The van der Waals surface area contributed by atoms with Gasteiger partial charge >= 0.3 is 8.97 Å². The van der Waals surface area contributed by atoms with E-state index in [0.29, 0.717) is 0 Å². The smallest absolute Gasteiger partial charge is 0.377 e. The van der Waals surface area contributed by atoms with Gasteiger partial charge in [0, 0.05) is 18.9 Å².